The highest BCUT2D eigenvalue weighted by molar-refractivity contribution is 8.73. The zero-order chi connectivity index (χ0) is 12.2. The average molecular weight is 276 g/mol. The van der Waals surface area contributed by atoms with Crippen molar-refractivity contribution in [1.82, 2.24) is 0 Å². The molecule has 0 aliphatic carbocycles. The van der Waals surface area contributed by atoms with Crippen LogP contribution in [0.2, 0.25) is 0 Å². The van der Waals surface area contributed by atoms with Gasteiger partial charge in [-0.15, -0.1) is 0 Å². The first-order valence-corrected chi connectivity index (χ1v) is 7.69. The molecule has 1 aliphatic rings. The lowest BCUT2D eigenvalue weighted by atomic mass is 9.96. The van der Waals surface area contributed by atoms with Crippen LogP contribution in [0.15, 0.2) is 48.5 Å². The van der Waals surface area contributed by atoms with Crippen LogP contribution in [-0.4, -0.2) is 0 Å². The molecule has 0 saturated carbocycles. The third-order valence-electron chi connectivity index (χ3n) is 2.88. The molecule has 2 aromatic rings. The Morgan fingerprint density at radius 3 is 1.61 bits per heavy atom. The fourth-order valence-electron chi connectivity index (χ4n) is 2.03. The highest BCUT2D eigenvalue weighted by Gasteiger charge is 2.11. The van der Waals surface area contributed by atoms with Gasteiger partial charge in [0.2, 0.25) is 0 Å². The fourth-order valence-corrected chi connectivity index (χ4v) is 2.99. The standard InChI is InChI=1S/C14H12O2S2/c1-3-7-13-11(5-1)9-15-17-18-16-10-12-6-2-4-8-14(12)13/h1-8H,9-10H2. The van der Waals surface area contributed by atoms with Crippen molar-refractivity contribution in [2.75, 3.05) is 0 Å². The van der Waals surface area contributed by atoms with Crippen LogP contribution in [0.4, 0.5) is 0 Å². The van der Waals surface area contributed by atoms with Gasteiger partial charge < -0.3 is 0 Å². The number of hydrogen-bond donors (Lipinski definition) is 0. The van der Waals surface area contributed by atoms with Crippen molar-refractivity contribution in [2.45, 2.75) is 13.2 Å². The van der Waals surface area contributed by atoms with E-state index >= 15 is 0 Å². The summed E-state index contributed by atoms with van der Waals surface area (Å²) in [5, 5.41) is 0. The molecule has 2 nitrogen and oxygen atoms in total. The molecule has 3 rings (SSSR count). The first-order valence-electron chi connectivity index (χ1n) is 5.69. The quantitative estimate of drug-likeness (QED) is 0.516. The number of fused-ring (bicyclic) bond motifs is 3. The Kier molecular flexibility index (Phi) is 3.90. The Hall–Kier alpha value is -0.940. The van der Waals surface area contributed by atoms with E-state index in [4.69, 9.17) is 8.37 Å². The van der Waals surface area contributed by atoms with Crippen molar-refractivity contribution >= 4 is 22.1 Å². The highest BCUT2D eigenvalue weighted by atomic mass is 33.1. The highest BCUT2D eigenvalue weighted by Crippen LogP contribution is 2.34. The van der Waals surface area contributed by atoms with Crippen LogP contribution >= 0.6 is 22.1 Å². The van der Waals surface area contributed by atoms with Crippen LogP contribution in [0.1, 0.15) is 11.1 Å². The predicted molar refractivity (Wildman–Crippen MR) is 76.6 cm³/mol. The molecule has 0 N–H and O–H groups in total. The second-order valence-corrected chi connectivity index (χ2v) is 5.53. The topological polar surface area (TPSA) is 18.5 Å². The molecule has 0 fully saturated rings. The zero-order valence-electron chi connectivity index (χ0n) is 9.67. The van der Waals surface area contributed by atoms with Crippen molar-refractivity contribution in [1.29, 1.82) is 0 Å². The molecule has 0 bridgehead atoms. The molecule has 0 spiro atoms. The minimum Gasteiger partial charge on any atom is -0.299 e. The second-order valence-electron chi connectivity index (χ2n) is 3.97. The van der Waals surface area contributed by atoms with E-state index in [0.717, 1.165) is 0 Å². The maximum Gasteiger partial charge on any atom is 0.0928 e. The summed E-state index contributed by atoms with van der Waals surface area (Å²) in [7, 11) is 0. The molecule has 0 radical (unpaired) electrons. The SMILES string of the molecule is c1ccc2c(c1)COSSOCc1ccccc1-2. The summed E-state index contributed by atoms with van der Waals surface area (Å²) in [5.74, 6) is 0. The second kappa shape index (κ2) is 5.80. The minimum absolute atomic E-state index is 0.589. The van der Waals surface area contributed by atoms with E-state index in [0.29, 0.717) is 13.2 Å². The third-order valence-corrected chi connectivity index (χ3v) is 4.11. The van der Waals surface area contributed by atoms with Crippen LogP contribution in [0, 0.1) is 0 Å². The first kappa shape index (κ1) is 12.1. The van der Waals surface area contributed by atoms with Crippen LogP contribution in [0.5, 0.6) is 0 Å². The van der Waals surface area contributed by atoms with Gasteiger partial charge in [-0.05, 0) is 22.3 Å². The van der Waals surface area contributed by atoms with Gasteiger partial charge in [0.25, 0.3) is 0 Å². The molecule has 1 heterocycles. The van der Waals surface area contributed by atoms with Crippen molar-refractivity contribution in [3.05, 3.63) is 59.7 Å². The fraction of sp³-hybridized carbons (Fsp3) is 0.143. The lowest BCUT2D eigenvalue weighted by Gasteiger charge is -2.15. The van der Waals surface area contributed by atoms with E-state index in [2.05, 4.69) is 36.4 Å². The summed E-state index contributed by atoms with van der Waals surface area (Å²) in [6, 6.07) is 16.7. The molecule has 1 aliphatic heterocycles. The van der Waals surface area contributed by atoms with Crippen LogP contribution in [0.25, 0.3) is 11.1 Å². The molecule has 92 valence electrons. The van der Waals surface area contributed by atoms with E-state index in [1.165, 1.54) is 44.4 Å². The van der Waals surface area contributed by atoms with Gasteiger partial charge in [-0.25, -0.2) is 0 Å². The average Bonchev–Trinajstić information content (AvgIpc) is 2.44. The number of benzene rings is 2. The first-order chi connectivity index (χ1) is 8.95. The molecule has 0 saturated heterocycles. The Labute approximate surface area is 115 Å². The molecule has 0 amide bonds. The molecule has 18 heavy (non-hydrogen) atoms. The van der Waals surface area contributed by atoms with Crippen LogP contribution in [-0.2, 0) is 21.6 Å². The number of rotatable bonds is 0. The Morgan fingerprint density at radius 1 is 0.667 bits per heavy atom. The maximum absolute atomic E-state index is 5.51. The summed E-state index contributed by atoms with van der Waals surface area (Å²) in [4.78, 5) is 0. The number of hydrogen-bond acceptors (Lipinski definition) is 4. The van der Waals surface area contributed by atoms with Gasteiger partial charge in [-0.1, -0.05) is 48.5 Å². The predicted octanol–water partition coefficient (Wildman–Crippen LogP) is 4.61. The van der Waals surface area contributed by atoms with E-state index in [9.17, 15) is 0 Å². The van der Waals surface area contributed by atoms with E-state index in [1.807, 2.05) is 12.1 Å². The summed E-state index contributed by atoms with van der Waals surface area (Å²) < 4.78 is 11.0. The zero-order valence-corrected chi connectivity index (χ0v) is 11.3. The Balaban J connectivity index is 2.12. The van der Waals surface area contributed by atoms with Gasteiger partial charge in [0, 0.05) is 0 Å². The van der Waals surface area contributed by atoms with Gasteiger partial charge in [0.1, 0.15) is 0 Å². The third kappa shape index (κ3) is 2.57. The normalized spacial score (nSPS) is 15.6. The lowest BCUT2D eigenvalue weighted by molar-refractivity contribution is 0.354. The minimum atomic E-state index is 0.589. The van der Waals surface area contributed by atoms with Gasteiger partial charge in [-0.2, -0.15) is 0 Å². The molecule has 0 unspecified atom stereocenters. The van der Waals surface area contributed by atoms with Gasteiger partial charge in [-0.3, -0.25) is 8.37 Å². The van der Waals surface area contributed by atoms with E-state index < -0.39 is 0 Å². The van der Waals surface area contributed by atoms with Crippen molar-refractivity contribution in [2.24, 2.45) is 0 Å². The van der Waals surface area contributed by atoms with Crippen molar-refractivity contribution in [3.8, 4) is 11.1 Å². The smallest absolute Gasteiger partial charge is 0.0928 e. The summed E-state index contributed by atoms with van der Waals surface area (Å²) >= 11 is 2.57. The molecule has 2 aromatic carbocycles. The lowest BCUT2D eigenvalue weighted by Crippen LogP contribution is -1.97. The molecule has 0 aromatic heterocycles. The summed E-state index contributed by atoms with van der Waals surface area (Å²) in [6.07, 6.45) is 0. The van der Waals surface area contributed by atoms with Gasteiger partial charge in [0.15, 0.2) is 0 Å². The molecule has 4 heteroatoms. The molecule has 0 atom stereocenters. The summed E-state index contributed by atoms with van der Waals surface area (Å²) in [6.45, 7) is 1.18. The van der Waals surface area contributed by atoms with E-state index in [1.54, 1.807) is 0 Å². The van der Waals surface area contributed by atoms with E-state index in [-0.39, 0.29) is 0 Å². The molecular weight excluding hydrogens is 264 g/mol. The summed E-state index contributed by atoms with van der Waals surface area (Å²) in [5.41, 5.74) is 4.87. The largest absolute Gasteiger partial charge is 0.299 e. The van der Waals surface area contributed by atoms with Crippen LogP contribution in [0.3, 0.4) is 0 Å². The Bertz CT molecular complexity index is 493. The maximum atomic E-state index is 5.51. The van der Waals surface area contributed by atoms with Crippen LogP contribution < -0.4 is 0 Å². The Morgan fingerprint density at radius 2 is 1.11 bits per heavy atom. The molecular formula is C14H12O2S2. The van der Waals surface area contributed by atoms with Crippen molar-refractivity contribution < 1.29 is 8.37 Å². The van der Waals surface area contributed by atoms with Gasteiger partial charge in [0.05, 0.1) is 35.4 Å². The van der Waals surface area contributed by atoms with Crippen molar-refractivity contribution in [3.63, 3.8) is 0 Å². The van der Waals surface area contributed by atoms with Gasteiger partial charge >= 0.3 is 0 Å². The monoisotopic (exact) mass is 276 g/mol.